The van der Waals surface area contributed by atoms with Gasteiger partial charge in [0, 0.05) is 23.8 Å². The zero-order valence-electron chi connectivity index (χ0n) is 17.7. The molecule has 33 heavy (non-hydrogen) atoms. The van der Waals surface area contributed by atoms with Crippen molar-refractivity contribution in [2.45, 2.75) is 25.1 Å². The Morgan fingerprint density at radius 3 is 2.58 bits per heavy atom. The van der Waals surface area contributed by atoms with E-state index >= 15 is 0 Å². The predicted molar refractivity (Wildman–Crippen MR) is 133 cm³/mol. The summed E-state index contributed by atoms with van der Waals surface area (Å²) < 4.78 is 25.9. The third-order valence-corrected chi connectivity index (χ3v) is 7.97. The Morgan fingerprint density at radius 2 is 1.82 bits per heavy atom. The number of fused-ring (bicyclic) bond motifs is 1. The van der Waals surface area contributed by atoms with Crippen molar-refractivity contribution in [1.29, 1.82) is 0 Å². The molecule has 2 aromatic heterocycles. The molecule has 4 aromatic rings. The molecule has 1 amide bonds. The van der Waals surface area contributed by atoms with Gasteiger partial charge in [0.2, 0.25) is 5.91 Å². The van der Waals surface area contributed by atoms with Crippen molar-refractivity contribution in [2.75, 3.05) is 10.7 Å². The van der Waals surface area contributed by atoms with Crippen LogP contribution in [0, 0.1) is 0 Å². The minimum absolute atomic E-state index is 0.0277. The number of nitrogens with zero attached hydrogens (tertiary/aromatic N) is 3. The first kappa shape index (κ1) is 23.4. The second-order valence-corrected chi connectivity index (χ2v) is 11.3. The van der Waals surface area contributed by atoms with Gasteiger partial charge in [0.15, 0.2) is 15.0 Å². The summed E-state index contributed by atoms with van der Waals surface area (Å²) >= 11 is 7.48. The summed E-state index contributed by atoms with van der Waals surface area (Å²) in [7, 11) is -3.31. The molecule has 0 N–H and O–H groups in total. The topological polar surface area (TPSA) is 80.2 Å². The summed E-state index contributed by atoms with van der Waals surface area (Å²) in [6, 6.07) is 18.2. The molecular formula is C24H22ClN3O3S2. The molecule has 0 radical (unpaired) electrons. The fourth-order valence-electron chi connectivity index (χ4n) is 3.42. The molecule has 4 rings (SSSR count). The van der Waals surface area contributed by atoms with Crippen LogP contribution in [0.25, 0.3) is 10.2 Å². The van der Waals surface area contributed by atoms with Gasteiger partial charge >= 0.3 is 0 Å². The summed E-state index contributed by atoms with van der Waals surface area (Å²) in [5.74, 6) is -0.261. The highest BCUT2D eigenvalue weighted by molar-refractivity contribution is 7.90. The summed E-state index contributed by atoms with van der Waals surface area (Å²) in [5, 5.41) is 1.15. The quantitative estimate of drug-likeness (QED) is 0.313. The van der Waals surface area contributed by atoms with Crippen LogP contribution in [0.5, 0.6) is 0 Å². The zero-order valence-corrected chi connectivity index (χ0v) is 20.1. The van der Waals surface area contributed by atoms with Gasteiger partial charge in [-0.05, 0) is 41.8 Å². The first-order valence-electron chi connectivity index (χ1n) is 10.4. The van der Waals surface area contributed by atoms with Crippen LogP contribution >= 0.6 is 22.9 Å². The lowest BCUT2D eigenvalue weighted by atomic mass is 10.2. The summed E-state index contributed by atoms with van der Waals surface area (Å²) in [5.41, 5.74) is 2.36. The molecule has 0 fully saturated rings. The Kier molecular flexibility index (Phi) is 7.37. The van der Waals surface area contributed by atoms with Crippen molar-refractivity contribution in [3.63, 3.8) is 0 Å². The fourth-order valence-corrected chi connectivity index (χ4v) is 6.10. The van der Waals surface area contributed by atoms with E-state index in [1.165, 1.54) is 11.3 Å². The molecule has 0 bridgehead atoms. The van der Waals surface area contributed by atoms with E-state index in [2.05, 4.69) is 9.97 Å². The number of thiazole rings is 1. The summed E-state index contributed by atoms with van der Waals surface area (Å²) in [6.07, 6.45) is 3.72. The summed E-state index contributed by atoms with van der Waals surface area (Å²) in [6.45, 7) is 0.303. The molecule has 0 saturated heterocycles. The predicted octanol–water partition coefficient (Wildman–Crippen LogP) is 5.27. The van der Waals surface area contributed by atoms with Crippen LogP contribution in [-0.4, -0.2) is 30.0 Å². The van der Waals surface area contributed by atoms with E-state index in [0.717, 1.165) is 21.3 Å². The number of hydrogen-bond acceptors (Lipinski definition) is 6. The van der Waals surface area contributed by atoms with E-state index in [4.69, 9.17) is 11.6 Å². The van der Waals surface area contributed by atoms with Crippen LogP contribution in [0.15, 0.2) is 73.1 Å². The highest BCUT2D eigenvalue weighted by atomic mass is 35.5. The second-order valence-electron chi connectivity index (χ2n) is 7.63. The molecule has 9 heteroatoms. The lowest BCUT2D eigenvalue weighted by molar-refractivity contribution is -0.118. The lowest BCUT2D eigenvalue weighted by Gasteiger charge is -2.20. The fraction of sp³-hybridized carbons (Fsp3) is 0.208. The molecule has 0 unspecified atom stereocenters. The van der Waals surface area contributed by atoms with Crippen molar-refractivity contribution >= 4 is 54.0 Å². The van der Waals surface area contributed by atoms with Gasteiger partial charge in [0.05, 0.1) is 28.3 Å². The van der Waals surface area contributed by atoms with Gasteiger partial charge in [-0.2, -0.15) is 0 Å². The third-order valence-electron chi connectivity index (χ3n) is 5.01. The Bertz CT molecular complexity index is 1340. The van der Waals surface area contributed by atoms with Gasteiger partial charge in [-0.25, -0.2) is 13.4 Å². The van der Waals surface area contributed by atoms with Crippen LogP contribution < -0.4 is 4.90 Å². The number of hydrogen-bond donors (Lipinski definition) is 0. The van der Waals surface area contributed by atoms with Crippen LogP contribution in [0.1, 0.15) is 24.0 Å². The molecular weight excluding hydrogens is 478 g/mol. The molecule has 170 valence electrons. The van der Waals surface area contributed by atoms with Gasteiger partial charge in [-0.1, -0.05) is 59.3 Å². The maximum absolute atomic E-state index is 13.2. The standard InChI is InChI=1S/C24H22ClN3O3S2/c25-20-10-11-21-22(14-20)32-24(27-21)28(16-19-8-4-12-26-15-19)23(29)9-5-13-33(30,31)17-18-6-2-1-3-7-18/h1-4,6-8,10-12,14-15H,5,9,13,16-17H2. The van der Waals surface area contributed by atoms with Crippen LogP contribution in [0.3, 0.4) is 0 Å². The van der Waals surface area contributed by atoms with Crippen molar-refractivity contribution < 1.29 is 13.2 Å². The van der Waals surface area contributed by atoms with Crippen molar-refractivity contribution in [1.82, 2.24) is 9.97 Å². The van der Waals surface area contributed by atoms with Crippen LogP contribution in [0.4, 0.5) is 5.13 Å². The van der Waals surface area contributed by atoms with Gasteiger partial charge in [-0.3, -0.25) is 14.7 Å². The van der Waals surface area contributed by atoms with Crippen molar-refractivity contribution in [3.05, 3.63) is 89.2 Å². The maximum atomic E-state index is 13.2. The molecule has 0 aliphatic heterocycles. The first-order valence-corrected chi connectivity index (χ1v) is 13.4. The van der Waals surface area contributed by atoms with E-state index in [9.17, 15) is 13.2 Å². The number of halogens is 1. The average Bonchev–Trinajstić information content (AvgIpc) is 3.21. The van der Waals surface area contributed by atoms with E-state index in [1.807, 2.05) is 42.5 Å². The monoisotopic (exact) mass is 499 g/mol. The van der Waals surface area contributed by atoms with Gasteiger partial charge in [-0.15, -0.1) is 0 Å². The van der Waals surface area contributed by atoms with Crippen LogP contribution in [0.2, 0.25) is 5.02 Å². The molecule has 2 aromatic carbocycles. The average molecular weight is 500 g/mol. The number of rotatable bonds is 9. The van der Waals surface area contributed by atoms with E-state index in [-0.39, 0.29) is 30.3 Å². The van der Waals surface area contributed by atoms with E-state index < -0.39 is 9.84 Å². The van der Waals surface area contributed by atoms with Gasteiger partial charge in [0.25, 0.3) is 0 Å². The Balaban J connectivity index is 1.48. The molecule has 0 aliphatic carbocycles. The highest BCUT2D eigenvalue weighted by Crippen LogP contribution is 2.32. The maximum Gasteiger partial charge on any atom is 0.229 e. The number of aromatic nitrogens is 2. The Morgan fingerprint density at radius 1 is 1.03 bits per heavy atom. The summed E-state index contributed by atoms with van der Waals surface area (Å²) in [4.78, 5) is 23.5. The van der Waals surface area contributed by atoms with Gasteiger partial charge < -0.3 is 0 Å². The largest absolute Gasteiger partial charge is 0.284 e. The normalized spacial score (nSPS) is 11.5. The molecule has 0 atom stereocenters. The number of amides is 1. The first-order chi connectivity index (χ1) is 15.9. The minimum Gasteiger partial charge on any atom is -0.284 e. The number of carbonyl (C=O) groups excluding carboxylic acids is 1. The van der Waals surface area contributed by atoms with Crippen molar-refractivity contribution in [3.8, 4) is 0 Å². The minimum atomic E-state index is -3.31. The van der Waals surface area contributed by atoms with Crippen molar-refractivity contribution in [2.24, 2.45) is 0 Å². The van der Waals surface area contributed by atoms with E-state index in [0.29, 0.717) is 16.7 Å². The number of carbonyl (C=O) groups is 1. The Labute approximate surface area is 201 Å². The van der Waals surface area contributed by atoms with Gasteiger partial charge in [0.1, 0.15) is 0 Å². The van der Waals surface area contributed by atoms with E-state index in [1.54, 1.807) is 35.5 Å². The molecule has 0 aliphatic rings. The molecule has 0 saturated carbocycles. The lowest BCUT2D eigenvalue weighted by Crippen LogP contribution is -2.30. The smallest absolute Gasteiger partial charge is 0.229 e. The number of anilines is 1. The molecule has 0 spiro atoms. The SMILES string of the molecule is O=C(CCCS(=O)(=O)Cc1ccccc1)N(Cc1cccnc1)c1nc2ccc(Cl)cc2s1. The number of benzene rings is 2. The number of pyridine rings is 1. The van der Waals surface area contributed by atoms with Crippen LogP contribution in [-0.2, 0) is 26.9 Å². The zero-order chi connectivity index (χ0) is 23.3. The Hall–Kier alpha value is -2.81. The highest BCUT2D eigenvalue weighted by Gasteiger charge is 2.21. The molecule has 6 nitrogen and oxygen atoms in total. The number of sulfone groups is 1. The second kappa shape index (κ2) is 10.4. The molecule has 2 heterocycles. The third kappa shape index (κ3) is 6.37.